The second-order valence-corrected chi connectivity index (χ2v) is 5.90. The summed E-state index contributed by atoms with van der Waals surface area (Å²) in [5.41, 5.74) is -0.724. The summed E-state index contributed by atoms with van der Waals surface area (Å²) in [4.78, 5) is 14.0. The average molecular weight is 270 g/mol. The van der Waals surface area contributed by atoms with Crippen molar-refractivity contribution in [2.24, 2.45) is 5.92 Å². The molecule has 1 aliphatic rings. The van der Waals surface area contributed by atoms with Gasteiger partial charge in [0.25, 0.3) is 0 Å². The zero-order valence-electron chi connectivity index (χ0n) is 12.7. The van der Waals surface area contributed by atoms with Gasteiger partial charge in [-0.3, -0.25) is 4.79 Å². The number of carboxylic acid groups (broad SMARTS) is 1. The molecule has 0 aromatic heterocycles. The number of likely N-dealkylation sites (tertiary alicyclic amines) is 1. The number of nitrogens with one attached hydrogen (secondary N) is 1. The Bertz CT molecular complexity index is 275. The Balaban J connectivity index is 2.37. The van der Waals surface area contributed by atoms with Crippen molar-refractivity contribution in [2.75, 3.05) is 26.2 Å². The van der Waals surface area contributed by atoms with Crippen LogP contribution in [0.4, 0.5) is 0 Å². The summed E-state index contributed by atoms with van der Waals surface area (Å²) in [6.07, 6.45) is 4.89. The van der Waals surface area contributed by atoms with Gasteiger partial charge in [0.15, 0.2) is 0 Å². The van der Waals surface area contributed by atoms with Gasteiger partial charge < -0.3 is 15.3 Å². The van der Waals surface area contributed by atoms with Gasteiger partial charge in [-0.15, -0.1) is 0 Å². The van der Waals surface area contributed by atoms with E-state index in [4.69, 9.17) is 0 Å². The van der Waals surface area contributed by atoms with Gasteiger partial charge in [0.05, 0.1) is 0 Å². The van der Waals surface area contributed by atoms with E-state index in [0.717, 1.165) is 25.3 Å². The van der Waals surface area contributed by atoms with Crippen LogP contribution in [-0.2, 0) is 4.79 Å². The van der Waals surface area contributed by atoms with E-state index in [9.17, 15) is 9.90 Å². The van der Waals surface area contributed by atoms with E-state index < -0.39 is 11.5 Å². The maximum atomic E-state index is 11.5. The number of aliphatic carboxylic acids is 1. The van der Waals surface area contributed by atoms with Gasteiger partial charge in [-0.2, -0.15) is 0 Å². The molecule has 1 rings (SSSR count). The zero-order chi connectivity index (χ0) is 14.3. The molecule has 0 radical (unpaired) electrons. The third-order valence-corrected chi connectivity index (χ3v) is 4.48. The molecule has 0 aliphatic carbocycles. The fourth-order valence-electron chi connectivity index (χ4n) is 2.95. The van der Waals surface area contributed by atoms with E-state index in [0.29, 0.717) is 13.0 Å². The number of hydrogen-bond donors (Lipinski definition) is 2. The van der Waals surface area contributed by atoms with Crippen molar-refractivity contribution in [2.45, 2.75) is 58.4 Å². The molecule has 0 aromatic rings. The maximum Gasteiger partial charge on any atom is 0.323 e. The minimum absolute atomic E-state index is 0.646. The molecule has 1 saturated heterocycles. The third kappa shape index (κ3) is 4.77. The summed E-state index contributed by atoms with van der Waals surface area (Å²) in [6.45, 7) is 10.3. The molecule has 112 valence electrons. The highest BCUT2D eigenvalue weighted by atomic mass is 16.4. The average Bonchev–Trinajstić information content (AvgIpc) is 2.39. The second kappa shape index (κ2) is 7.85. The van der Waals surface area contributed by atoms with E-state index in [-0.39, 0.29) is 0 Å². The van der Waals surface area contributed by atoms with Gasteiger partial charge in [-0.25, -0.2) is 0 Å². The van der Waals surface area contributed by atoms with Gasteiger partial charge >= 0.3 is 5.97 Å². The standard InChI is InChI=1S/C15H30N2O2/c1-4-15(14(18)19,16-5-2)9-6-10-17-11-7-13(3)8-12-17/h13,16H,4-12H2,1-3H3,(H,18,19). The summed E-state index contributed by atoms with van der Waals surface area (Å²) in [6, 6.07) is 0. The van der Waals surface area contributed by atoms with Gasteiger partial charge in [-0.05, 0) is 64.2 Å². The van der Waals surface area contributed by atoms with Crippen molar-refractivity contribution in [3.05, 3.63) is 0 Å². The number of carboxylic acids is 1. The van der Waals surface area contributed by atoms with Crippen LogP contribution in [-0.4, -0.2) is 47.7 Å². The summed E-state index contributed by atoms with van der Waals surface area (Å²) < 4.78 is 0. The zero-order valence-corrected chi connectivity index (χ0v) is 12.7. The quantitative estimate of drug-likeness (QED) is 0.711. The van der Waals surface area contributed by atoms with Crippen LogP contribution in [0.2, 0.25) is 0 Å². The topological polar surface area (TPSA) is 52.6 Å². The number of hydrogen-bond acceptors (Lipinski definition) is 3. The first-order chi connectivity index (χ1) is 9.04. The predicted octanol–water partition coefficient (Wildman–Crippen LogP) is 2.34. The van der Waals surface area contributed by atoms with Crippen LogP contribution in [0.3, 0.4) is 0 Å². The Morgan fingerprint density at radius 3 is 2.47 bits per heavy atom. The largest absolute Gasteiger partial charge is 0.480 e. The first kappa shape index (κ1) is 16.4. The Labute approximate surface area is 117 Å². The molecule has 19 heavy (non-hydrogen) atoms. The van der Waals surface area contributed by atoms with Crippen LogP contribution in [0.25, 0.3) is 0 Å². The molecular formula is C15H30N2O2. The van der Waals surface area contributed by atoms with Gasteiger partial charge in [0.1, 0.15) is 5.54 Å². The lowest BCUT2D eigenvalue weighted by Crippen LogP contribution is -2.52. The number of piperidine rings is 1. The summed E-state index contributed by atoms with van der Waals surface area (Å²) >= 11 is 0. The lowest BCUT2D eigenvalue weighted by Gasteiger charge is -2.33. The molecule has 0 bridgehead atoms. The molecule has 1 unspecified atom stereocenters. The van der Waals surface area contributed by atoms with Crippen LogP contribution in [0.1, 0.15) is 52.9 Å². The lowest BCUT2D eigenvalue weighted by atomic mass is 9.90. The van der Waals surface area contributed by atoms with Crippen molar-refractivity contribution < 1.29 is 9.90 Å². The number of nitrogens with zero attached hydrogens (tertiary/aromatic N) is 1. The molecule has 0 amide bonds. The molecule has 0 aromatic carbocycles. The minimum atomic E-state index is -0.724. The van der Waals surface area contributed by atoms with Gasteiger partial charge in [0, 0.05) is 0 Å². The van der Waals surface area contributed by atoms with Gasteiger partial charge in [0.2, 0.25) is 0 Å². The first-order valence-corrected chi connectivity index (χ1v) is 7.75. The normalized spacial score (nSPS) is 21.2. The Morgan fingerprint density at radius 2 is 2.00 bits per heavy atom. The number of rotatable bonds is 8. The van der Waals surface area contributed by atoms with E-state index in [1.54, 1.807) is 0 Å². The van der Waals surface area contributed by atoms with Gasteiger partial charge in [-0.1, -0.05) is 20.8 Å². The summed E-state index contributed by atoms with van der Waals surface area (Å²) in [7, 11) is 0. The molecule has 0 spiro atoms. The van der Waals surface area contributed by atoms with Crippen LogP contribution in [0.5, 0.6) is 0 Å². The van der Waals surface area contributed by atoms with E-state index in [1.807, 2.05) is 13.8 Å². The van der Waals surface area contributed by atoms with Crippen LogP contribution in [0, 0.1) is 5.92 Å². The molecule has 4 heteroatoms. The molecule has 1 atom stereocenters. The number of carbonyl (C=O) groups is 1. The highest BCUT2D eigenvalue weighted by Gasteiger charge is 2.35. The smallest absolute Gasteiger partial charge is 0.323 e. The van der Waals surface area contributed by atoms with Crippen LogP contribution in [0.15, 0.2) is 0 Å². The molecule has 1 aliphatic heterocycles. The maximum absolute atomic E-state index is 11.5. The second-order valence-electron chi connectivity index (χ2n) is 5.90. The Kier molecular flexibility index (Phi) is 6.80. The highest BCUT2D eigenvalue weighted by Crippen LogP contribution is 2.20. The van der Waals surface area contributed by atoms with Crippen LogP contribution < -0.4 is 5.32 Å². The fraction of sp³-hybridized carbons (Fsp3) is 0.933. The fourth-order valence-corrected chi connectivity index (χ4v) is 2.95. The molecule has 1 fully saturated rings. The molecule has 2 N–H and O–H groups in total. The monoisotopic (exact) mass is 270 g/mol. The van der Waals surface area contributed by atoms with Crippen molar-refractivity contribution in [3.63, 3.8) is 0 Å². The molecule has 0 saturated carbocycles. The molecular weight excluding hydrogens is 240 g/mol. The van der Waals surface area contributed by atoms with E-state index >= 15 is 0 Å². The van der Waals surface area contributed by atoms with E-state index in [1.165, 1.54) is 25.9 Å². The summed E-state index contributed by atoms with van der Waals surface area (Å²) in [5, 5.41) is 12.6. The van der Waals surface area contributed by atoms with Crippen molar-refractivity contribution in [1.82, 2.24) is 10.2 Å². The predicted molar refractivity (Wildman–Crippen MR) is 78.4 cm³/mol. The molecule has 1 heterocycles. The summed E-state index contributed by atoms with van der Waals surface area (Å²) in [5.74, 6) is 0.149. The van der Waals surface area contributed by atoms with E-state index in [2.05, 4.69) is 17.1 Å². The Morgan fingerprint density at radius 1 is 1.37 bits per heavy atom. The Hall–Kier alpha value is -0.610. The molecule has 4 nitrogen and oxygen atoms in total. The van der Waals surface area contributed by atoms with Crippen molar-refractivity contribution >= 4 is 5.97 Å². The third-order valence-electron chi connectivity index (χ3n) is 4.48. The number of likely N-dealkylation sites (N-methyl/N-ethyl adjacent to an activating group) is 1. The highest BCUT2D eigenvalue weighted by molar-refractivity contribution is 5.78. The lowest BCUT2D eigenvalue weighted by molar-refractivity contribution is -0.145. The minimum Gasteiger partial charge on any atom is -0.480 e. The van der Waals surface area contributed by atoms with Crippen LogP contribution >= 0.6 is 0 Å². The first-order valence-electron chi connectivity index (χ1n) is 7.75. The SMILES string of the molecule is CCNC(CC)(CCCN1CCC(C)CC1)C(=O)O. The van der Waals surface area contributed by atoms with Crippen molar-refractivity contribution in [1.29, 1.82) is 0 Å². The van der Waals surface area contributed by atoms with Crippen molar-refractivity contribution in [3.8, 4) is 0 Å².